The van der Waals surface area contributed by atoms with Gasteiger partial charge in [0.1, 0.15) is 11.6 Å². The average molecular weight is 363 g/mol. The van der Waals surface area contributed by atoms with Crippen LogP contribution >= 0.6 is 0 Å². The van der Waals surface area contributed by atoms with E-state index < -0.39 is 0 Å². The van der Waals surface area contributed by atoms with Crippen molar-refractivity contribution in [3.63, 3.8) is 0 Å². The molecule has 27 heavy (non-hydrogen) atoms. The third kappa shape index (κ3) is 4.94. The van der Waals surface area contributed by atoms with Crippen LogP contribution in [0, 0.1) is 0 Å². The number of nitrogens with zero attached hydrogens (tertiary/aromatic N) is 3. The first-order valence-electron chi connectivity index (χ1n) is 9.11. The molecule has 1 atom stereocenters. The highest BCUT2D eigenvalue weighted by molar-refractivity contribution is 5.64. The quantitative estimate of drug-likeness (QED) is 0.619. The van der Waals surface area contributed by atoms with Gasteiger partial charge in [-0.3, -0.25) is 4.98 Å². The van der Waals surface area contributed by atoms with E-state index in [4.69, 9.17) is 4.74 Å². The van der Waals surface area contributed by atoms with Gasteiger partial charge in [0.15, 0.2) is 0 Å². The van der Waals surface area contributed by atoms with E-state index in [-0.39, 0.29) is 0 Å². The van der Waals surface area contributed by atoms with Crippen molar-refractivity contribution in [3.05, 3.63) is 60.4 Å². The van der Waals surface area contributed by atoms with Crippen molar-refractivity contribution < 1.29 is 4.74 Å². The molecule has 1 aromatic carbocycles. The van der Waals surface area contributed by atoms with E-state index in [1.807, 2.05) is 42.5 Å². The molecular formula is C21H25N5O. The van der Waals surface area contributed by atoms with Crippen LogP contribution in [0.5, 0.6) is 5.75 Å². The second-order valence-electron chi connectivity index (χ2n) is 6.32. The highest BCUT2D eigenvalue weighted by atomic mass is 16.5. The number of pyridine rings is 1. The van der Waals surface area contributed by atoms with E-state index in [0.29, 0.717) is 18.5 Å². The lowest BCUT2D eigenvalue weighted by molar-refractivity contribution is 0.410. The van der Waals surface area contributed by atoms with Gasteiger partial charge in [-0.15, -0.1) is 0 Å². The van der Waals surface area contributed by atoms with Gasteiger partial charge >= 0.3 is 0 Å². The van der Waals surface area contributed by atoms with Crippen molar-refractivity contribution in [2.75, 3.05) is 17.7 Å². The predicted molar refractivity (Wildman–Crippen MR) is 109 cm³/mol. The van der Waals surface area contributed by atoms with Gasteiger partial charge in [-0.2, -0.15) is 4.98 Å². The lowest BCUT2D eigenvalue weighted by atomic mass is 10.2. The summed E-state index contributed by atoms with van der Waals surface area (Å²) >= 11 is 0. The summed E-state index contributed by atoms with van der Waals surface area (Å²) in [6, 6.07) is 14.1. The van der Waals surface area contributed by atoms with Gasteiger partial charge in [-0.1, -0.05) is 25.1 Å². The number of hydrogen-bond donors (Lipinski definition) is 2. The number of methoxy groups -OCH3 is 1. The summed E-state index contributed by atoms with van der Waals surface area (Å²) in [5, 5.41) is 6.75. The van der Waals surface area contributed by atoms with E-state index in [0.717, 1.165) is 34.8 Å². The van der Waals surface area contributed by atoms with Crippen molar-refractivity contribution in [1.29, 1.82) is 0 Å². The number of rotatable bonds is 8. The lowest BCUT2D eigenvalue weighted by Crippen LogP contribution is -2.16. The van der Waals surface area contributed by atoms with Crippen LogP contribution in [0.3, 0.4) is 0 Å². The van der Waals surface area contributed by atoms with Crippen LogP contribution in [0.2, 0.25) is 0 Å². The van der Waals surface area contributed by atoms with Crippen LogP contribution in [-0.2, 0) is 6.54 Å². The van der Waals surface area contributed by atoms with Crippen LogP contribution in [-0.4, -0.2) is 28.1 Å². The molecule has 0 aliphatic heterocycles. The molecule has 0 radical (unpaired) electrons. The molecule has 0 saturated heterocycles. The van der Waals surface area contributed by atoms with Gasteiger partial charge in [0.25, 0.3) is 0 Å². The van der Waals surface area contributed by atoms with Gasteiger partial charge in [-0.05, 0) is 31.5 Å². The number of anilines is 2. The predicted octanol–water partition coefficient (Wildman–Crippen LogP) is 4.37. The highest BCUT2D eigenvalue weighted by Crippen LogP contribution is 2.23. The second-order valence-corrected chi connectivity index (χ2v) is 6.32. The van der Waals surface area contributed by atoms with Crippen molar-refractivity contribution >= 4 is 11.8 Å². The Kier molecular flexibility index (Phi) is 6.20. The fraction of sp³-hybridized carbons (Fsp3) is 0.286. The van der Waals surface area contributed by atoms with E-state index in [9.17, 15) is 0 Å². The highest BCUT2D eigenvalue weighted by Gasteiger charge is 2.09. The molecular weight excluding hydrogens is 338 g/mol. The first-order chi connectivity index (χ1) is 13.2. The molecule has 0 unspecified atom stereocenters. The molecule has 0 saturated carbocycles. The fourth-order valence-corrected chi connectivity index (χ4v) is 2.63. The van der Waals surface area contributed by atoms with Crippen LogP contribution in [0.4, 0.5) is 11.8 Å². The first-order valence-corrected chi connectivity index (χ1v) is 9.11. The van der Waals surface area contributed by atoms with E-state index in [1.165, 1.54) is 0 Å². The SMILES string of the molecule is CC[C@H](C)Nc1nc(NCc2ccccc2OC)cc(-c2ccncc2)n1. The molecule has 0 bridgehead atoms. The summed E-state index contributed by atoms with van der Waals surface area (Å²) in [6.45, 7) is 4.86. The average Bonchev–Trinajstić information content (AvgIpc) is 2.72. The van der Waals surface area contributed by atoms with Crippen LogP contribution in [0.25, 0.3) is 11.3 Å². The molecule has 2 aromatic heterocycles. The maximum Gasteiger partial charge on any atom is 0.225 e. The molecule has 2 heterocycles. The molecule has 0 fully saturated rings. The zero-order valence-electron chi connectivity index (χ0n) is 15.9. The lowest BCUT2D eigenvalue weighted by Gasteiger charge is -2.15. The maximum absolute atomic E-state index is 5.43. The molecule has 3 aromatic rings. The third-order valence-corrected chi connectivity index (χ3v) is 4.34. The minimum atomic E-state index is 0.291. The number of benzene rings is 1. The zero-order chi connectivity index (χ0) is 19.1. The van der Waals surface area contributed by atoms with Crippen molar-refractivity contribution in [2.45, 2.75) is 32.9 Å². The van der Waals surface area contributed by atoms with Gasteiger partial charge in [0.2, 0.25) is 5.95 Å². The largest absolute Gasteiger partial charge is 0.496 e. The number of ether oxygens (including phenoxy) is 1. The third-order valence-electron chi connectivity index (χ3n) is 4.34. The summed E-state index contributed by atoms with van der Waals surface area (Å²) in [7, 11) is 1.68. The van der Waals surface area contributed by atoms with Crippen LogP contribution in [0.1, 0.15) is 25.8 Å². The number of aromatic nitrogens is 3. The maximum atomic E-state index is 5.43. The van der Waals surface area contributed by atoms with Crippen LogP contribution in [0.15, 0.2) is 54.9 Å². The minimum Gasteiger partial charge on any atom is -0.496 e. The Hall–Kier alpha value is -3.15. The standard InChI is InChI=1S/C21H25N5O/c1-4-15(2)24-21-25-18(16-9-11-22-12-10-16)13-20(26-21)23-14-17-7-5-6-8-19(17)27-3/h5-13,15H,4,14H2,1-3H3,(H2,23,24,25,26)/t15-/m0/s1. The van der Waals surface area contributed by atoms with E-state index in [1.54, 1.807) is 19.5 Å². The molecule has 6 nitrogen and oxygen atoms in total. The summed E-state index contributed by atoms with van der Waals surface area (Å²) in [5.74, 6) is 2.22. The van der Waals surface area contributed by atoms with E-state index >= 15 is 0 Å². The Labute approximate surface area is 160 Å². The summed E-state index contributed by atoms with van der Waals surface area (Å²) in [6.07, 6.45) is 4.52. The number of nitrogens with one attached hydrogen (secondary N) is 2. The zero-order valence-corrected chi connectivity index (χ0v) is 15.9. The van der Waals surface area contributed by atoms with Gasteiger partial charge in [0.05, 0.1) is 12.8 Å². The number of hydrogen-bond acceptors (Lipinski definition) is 6. The van der Waals surface area contributed by atoms with Gasteiger partial charge < -0.3 is 15.4 Å². The van der Waals surface area contributed by atoms with Gasteiger partial charge in [0, 0.05) is 42.2 Å². The minimum absolute atomic E-state index is 0.291. The van der Waals surface area contributed by atoms with Crippen molar-refractivity contribution in [3.8, 4) is 17.0 Å². The molecule has 0 spiro atoms. The van der Waals surface area contributed by atoms with Gasteiger partial charge in [-0.25, -0.2) is 4.98 Å². The Morgan fingerprint density at radius 1 is 1.07 bits per heavy atom. The number of para-hydroxylation sites is 1. The summed E-state index contributed by atoms with van der Waals surface area (Å²) in [4.78, 5) is 13.4. The van der Waals surface area contributed by atoms with E-state index in [2.05, 4.69) is 39.4 Å². The van der Waals surface area contributed by atoms with Crippen molar-refractivity contribution in [1.82, 2.24) is 15.0 Å². The molecule has 0 amide bonds. The van der Waals surface area contributed by atoms with Crippen LogP contribution < -0.4 is 15.4 Å². The monoisotopic (exact) mass is 363 g/mol. The Balaban J connectivity index is 1.87. The summed E-state index contributed by atoms with van der Waals surface area (Å²) < 4.78 is 5.43. The second kappa shape index (κ2) is 8.98. The van der Waals surface area contributed by atoms with Crippen molar-refractivity contribution in [2.24, 2.45) is 0 Å². The fourth-order valence-electron chi connectivity index (χ4n) is 2.63. The topological polar surface area (TPSA) is 72.0 Å². The summed E-state index contributed by atoms with van der Waals surface area (Å²) in [5.41, 5.74) is 2.92. The Bertz CT molecular complexity index is 869. The normalized spacial score (nSPS) is 11.7. The molecule has 0 aliphatic rings. The molecule has 0 aliphatic carbocycles. The smallest absolute Gasteiger partial charge is 0.225 e. The molecule has 2 N–H and O–H groups in total. The molecule has 3 rings (SSSR count). The molecule has 140 valence electrons. The Morgan fingerprint density at radius 2 is 1.85 bits per heavy atom. The Morgan fingerprint density at radius 3 is 2.59 bits per heavy atom. The molecule has 6 heteroatoms. The first kappa shape index (κ1) is 18.6.